The minimum Gasteiger partial charge on any atom is -0.348 e. The van der Waals surface area contributed by atoms with Gasteiger partial charge in [0.05, 0.1) is 0 Å². The maximum atomic E-state index is 13.2. The van der Waals surface area contributed by atoms with Crippen LogP contribution in [0.2, 0.25) is 0 Å². The zero-order valence-electron chi connectivity index (χ0n) is 12.4. The molecule has 0 radical (unpaired) electrons. The Morgan fingerprint density at radius 1 is 1.14 bits per heavy atom. The van der Waals surface area contributed by atoms with Crippen molar-refractivity contribution in [1.82, 2.24) is 5.32 Å². The van der Waals surface area contributed by atoms with Crippen LogP contribution in [0.5, 0.6) is 0 Å². The number of benzene rings is 2. The number of rotatable bonds is 4. The molecule has 2 amide bonds. The summed E-state index contributed by atoms with van der Waals surface area (Å²) in [5.41, 5.74) is 2.38. The fourth-order valence-corrected chi connectivity index (χ4v) is 2.04. The Kier molecular flexibility index (Phi) is 4.88. The first-order valence-electron chi connectivity index (χ1n) is 6.86. The highest BCUT2D eigenvalue weighted by atomic mass is 19.1. The van der Waals surface area contributed by atoms with E-state index in [0.29, 0.717) is 23.4 Å². The van der Waals surface area contributed by atoms with Crippen molar-refractivity contribution in [3.8, 4) is 0 Å². The molecule has 4 nitrogen and oxygen atoms in total. The van der Waals surface area contributed by atoms with E-state index in [0.717, 1.165) is 5.56 Å². The van der Waals surface area contributed by atoms with Gasteiger partial charge in [-0.15, -0.1) is 0 Å². The van der Waals surface area contributed by atoms with Crippen LogP contribution in [0.3, 0.4) is 0 Å². The standard InChI is InChI=1S/C17H17FN2O2/c1-11-8-13(6-7-16(11)18)10-19-17(22)14-4-3-5-15(9-14)20-12(2)21/h3-9H,10H2,1-2H3,(H,19,22)(H,20,21). The second-order valence-electron chi connectivity index (χ2n) is 5.03. The third-order valence-electron chi connectivity index (χ3n) is 3.12. The smallest absolute Gasteiger partial charge is 0.251 e. The van der Waals surface area contributed by atoms with Gasteiger partial charge in [0.1, 0.15) is 5.82 Å². The van der Waals surface area contributed by atoms with Crippen LogP contribution in [0.4, 0.5) is 10.1 Å². The van der Waals surface area contributed by atoms with Crippen molar-refractivity contribution in [2.24, 2.45) is 0 Å². The summed E-state index contributed by atoms with van der Waals surface area (Å²) in [6, 6.07) is 11.4. The van der Waals surface area contributed by atoms with Crippen LogP contribution < -0.4 is 10.6 Å². The molecule has 0 atom stereocenters. The van der Waals surface area contributed by atoms with Gasteiger partial charge in [-0.05, 0) is 42.3 Å². The second kappa shape index (κ2) is 6.85. The highest BCUT2D eigenvalue weighted by Crippen LogP contribution is 2.12. The molecule has 2 aromatic rings. The second-order valence-corrected chi connectivity index (χ2v) is 5.03. The first kappa shape index (κ1) is 15.7. The molecule has 0 spiro atoms. The fourth-order valence-electron chi connectivity index (χ4n) is 2.04. The van der Waals surface area contributed by atoms with Gasteiger partial charge in [-0.1, -0.05) is 18.2 Å². The number of aryl methyl sites for hydroxylation is 1. The van der Waals surface area contributed by atoms with Crippen LogP contribution in [0, 0.1) is 12.7 Å². The molecule has 2 rings (SSSR count). The van der Waals surface area contributed by atoms with Gasteiger partial charge in [0.15, 0.2) is 0 Å². The summed E-state index contributed by atoms with van der Waals surface area (Å²) < 4.78 is 13.2. The zero-order valence-corrected chi connectivity index (χ0v) is 12.4. The normalized spacial score (nSPS) is 10.1. The Balaban J connectivity index is 2.02. The molecule has 0 heterocycles. The third kappa shape index (κ3) is 4.15. The van der Waals surface area contributed by atoms with Crippen LogP contribution in [0.25, 0.3) is 0 Å². The van der Waals surface area contributed by atoms with Gasteiger partial charge >= 0.3 is 0 Å². The molecular weight excluding hydrogens is 283 g/mol. The van der Waals surface area contributed by atoms with E-state index in [2.05, 4.69) is 10.6 Å². The monoisotopic (exact) mass is 300 g/mol. The van der Waals surface area contributed by atoms with Crippen molar-refractivity contribution in [3.05, 3.63) is 65.0 Å². The predicted octanol–water partition coefficient (Wildman–Crippen LogP) is 3.02. The van der Waals surface area contributed by atoms with Crippen molar-refractivity contribution in [2.75, 3.05) is 5.32 Å². The van der Waals surface area contributed by atoms with E-state index in [1.807, 2.05) is 0 Å². The zero-order chi connectivity index (χ0) is 16.1. The molecule has 0 unspecified atom stereocenters. The minimum atomic E-state index is -0.266. The number of nitrogens with one attached hydrogen (secondary N) is 2. The molecule has 0 aliphatic heterocycles. The average molecular weight is 300 g/mol. The van der Waals surface area contributed by atoms with E-state index < -0.39 is 0 Å². The van der Waals surface area contributed by atoms with Crippen molar-refractivity contribution in [1.29, 1.82) is 0 Å². The van der Waals surface area contributed by atoms with Gasteiger partial charge in [-0.3, -0.25) is 9.59 Å². The Hall–Kier alpha value is -2.69. The first-order valence-corrected chi connectivity index (χ1v) is 6.86. The van der Waals surface area contributed by atoms with Crippen molar-refractivity contribution in [3.63, 3.8) is 0 Å². The lowest BCUT2D eigenvalue weighted by atomic mass is 10.1. The summed E-state index contributed by atoms with van der Waals surface area (Å²) in [7, 11) is 0. The van der Waals surface area contributed by atoms with E-state index in [4.69, 9.17) is 0 Å². The van der Waals surface area contributed by atoms with Crippen molar-refractivity contribution >= 4 is 17.5 Å². The van der Waals surface area contributed by atoms with Gasteiger partial charge in [0.25, 0.3) is 5.91 Å². The molecule has 0 fully saturated rings. The van der Waals surface area contributed by atoms with Gasteiger partial charge in [0.2, 0.25) is 5.91 Å². The minimum absolute atomic E-state index is 0.195. The Morgan fingerprint density at radius 2 is 1.91 bits per heavy atom. The van der Waals surface area contributed by atoms with Crippen LogP contribution in [-0.2, 0) is 11.3 Å². The van der Waals surface area contributed by atoms with E-state index >= 15 is 0 Å². The summed E-state index contributed by atoms with van der Waals surface area (Å²) in [5.74, 6) is -0.716. The van der Waals surface area contributed by atoms with Crippen LogP contribution >= 0.6 is 0 Å². The molecule has 0 aliphatic carbocycles. The van der Waals surface area contributed by atoms with Crippen LogP contribution in [0.1, 0.15) is 28.4 Å². The molecule has 2 N–H and O–H groups in total. The van der Waals surface area contributed by atoms with Crippen LogP contribution in [-0.4, -0.2) is 11.8 Å². The number of halogens is 1. The third-order valence-corrected chi connectivity index (χ3v) is 3.12. The Bertz CT molecular complexity index is 714. The molecule has 114 valence electrons. The molecule has 2 aromatic carbocycles. The highest BCUT2D eigenvalue weighted by Gasteiger charge is 2.07. The molecular formula is C17H17FN2O2. The molecule has 0 saturated heterocycles. The average Bonchev–Trinajstić information content (AvgIpc) is 2.48. The summed E-state index contributed by atoms with van der Waals surface area (Å²) in [6.45, 7) is 3.39. The van der Waals surface area contributed by atoms with E-state index in [9.17, 15) is 14.0 Å². The fraction of sp³-hybridized carbons (Fsp3) is 0.176. The van der Waals surface area contributed by atoms with E-state index in [1.54, 1.807) is 43.3 Å². The number of hydrogen-bond donors (Lipinski definition) is 2. The topological polar surface area (TPSA) is 58.2 Å². The summed E-state index contributed by atoms with van der Waals surface area (Å²) in [4.78, 5) is 23.1. The number of anilines is 1. The lowest BCUT2D eigenvalue weighted by Gasteiger charge is -2.08. The predicted molar refractivity (Wildman–Crippen MR) is 83.1 cm³/mol. The van der Waals surface area contributed by atoms with Crippen LogP contribution in [0.15, 0.2) is 42.5 Å². The maximum absolute atomic E-state index is 13.2. The maximum Gasteiger partial charge on any atom is 0.251 e. The number of amides is 2. The molecule has 0 aliphatic rings. The summed E-state index contributed by atoms with van der Waals surface area (Å²) in [5, 5.41) is 5.40. The number of carbonyl (C=O) groups is 2. The number of hydrogen-bond acceptors (Lipinski definition) is 2. The van der Waals surface area contributed by atoms with Crippen molar-refractivity contribution < 1.29 is 14.0 Å². The lowest BCUT2D eigenvalue weighted by molar-refractivity contribution is -0.114. The largest absolute Gasteiger partial charge is 0.348 e. The summed E-state index contributed by atoms with van der Waals surface area (Å²) in [6.07, 6.45) is 0. The number of carbonyl (C=O) groups excluding carboxylic acids is 2. The molecule has 0 saturated carbocycles. The molecule has 22 heavy (non-hydrogen) atoms. The van der Waals surface area contributed by atoms with E-state index in [1.165, 1.54) is 13.0 Å². The van der Waals surface area contributed by atoms with Gasteiger partial charge in [-0.25, -0.2) is 4.39 Å². The van der Waals surface area contributed by atoms with E-state index in [-0.39, 0.29) is 17.6 Å². The van der Waals surface area contributed by atoms with Gasteiger partial charge in [-0.2, -0.15) is 0 Å². The lowest BCUT2D eigenvalue weighted by Crippen LogP contribution is -2.23. The Morgan fingerprint density at radius 3 is 2.59 bits per heavy atom. The molecule has 5 heteroatoms. The summed E-state index contributed by atoms with van der Waals surface area (Å²) >= 11 is 0. The van der Waals surface area contributed by atoms with Crippen molar-refractivity contribution in [2.45, 2.75) is 20.4 Å². The quantitative estimate of drug-likeness (QED) is 0.912. The SMILES string of the molecule is CC(=O)Nc1cccc(C(=O)NCc2ccc(F)c(C)c2)c1. The first-order chi connectivity index (χ1) is 10.5. The highest BCUT2D eigenvalue weighted by molar-refractivity contribution is 5.96. The molecule has 0 aromatic heterocycles. The Labute approximate surface area is 128 Å². The van der Waals surface area contributed by atoms with Gasteiger partial charge < -0.3 is 10.6 Å². The van der Waals surface area contributed by atoms with Gasteiger partial charge in [0, 0.05) is 24.7 Å². The molecule has 0 bridgehead atoms.